The van der Waals surface area contributed by atoms with Crippen molar-refractivity contribution >= 4 is 28.7 Å². The Morgan fingerprint density at radius 1 is 1.04 bits per heavy atom. The first-order valence-electron chi connectivity index (χ1n) is 8.73. The van der Waals surface area contributed by atoms with E-state index < -0.39 is 34.8 Å². The molecule has 2 rings (SSSR count). The van der Waals surface area contributed by atoms with Crippen LogP contribution in [0, 0.1) is 0 Å². The molecule has 2 aromatic carbocycles. The molecule has 8 heteroatoms. The van der Waals surface area contributed by atoms with E-state index in [1.807, 2.05) is 30.3 Å². The molecule has 148 valence electrons. The summed E-state index contributed by atoms with van der Waals surface area (Å²) in [6.45, 7) is 3.35. The minimum absolute atomic E-state index is 0.135. The summed E-state index contributed by atoms with van der Waals surface area (Å²) in [7, 11) is -1.34. The Balaban J connectivity index is 1.90. The number of hydrogen-bond acceptors (Lipinski definition) is 5. The van der Waals surface area contributed by atoms with Crippen molar-refractivity contribution in [2.75, 3.05) is 5.75 Å². The molecule has 2 aromatic rings. The van der Waals surface area contributed by atoms with Crippen molar-refractivity contribution in [3.05, 3.63) is 65.7 Å². The van der Waals surface area contributed by atoms with E-state index in [0.717, 1.165) is 5.56 Å². The summed E-state index contributed by atoms with van der Waals surface area (Å²) < 4.78 is 17.2. The van der Waals surface area contributed by atoms with Crippen LogP contribution in [0.5, 0.6) is 0 Å². The third-order valence-corrected chi connectivity index (χ3v) is 5.17. The van der Waals surface area contributed by atoms with Crippen molar-refractivity contribution in [3.63, 3.8) is 0 Å². The minimum atomic E-state index is -1.34. The fourth-order valence-corrected chi connectivity index (χ4v) is 3.24. The topological polar surface area (TPSA) is 102 Å². The van der Waals surface area contributed by atoms with Crippen LogP contribution in [0.25, 0.3) is 0 Å². The van der Waals surface area contributed by atoms with E-state index in [1.165, 1.54) is 13.0 Å². The van der Waals surface area contributed by atoms with Crippen LogP contribution in [0.2, 0.25) is 0 Å². The monoisotopic (exact) mass is 402 g/mol. The summed E-state index contributed by atoms with van der Waals surface area (Å²) >= 11 is 0. The lowest BCUT2D eigenvalue weighted by Gasteiger charge is -2.14. The van der Waals surface area contributed by atoms with Gasteiger partial charge in [-0.25, -0.2) is 9.59 Å². The zero-order valence-corrected chi connectivity index (χ0v) is 16.5. The van der Waals surface area contributed by atoms with Crippen molar-refractivity contribution in [1.82, 2.24) is 10.6 Å². The number of nitrogens with one attached hydrogen (secondary N) is 2. The third kappa shape index (κ3) is 6.02. The molecule has 0 aliphatic carbocycles. The van der Waals surface area contributed by atoms with Crippen molar-refractivity contribution in [2.24, 2.45) is 0 Å². The molecule has 0 fully saturated rings. The lowest BCUT2D eigenvalue weighted by atomic mass is 10.2. The van der Waals surface area contributed by atoms with Crippen LogP contribution in [0.3, 0.4) is 0 Å². The molecule has 2 N–H and O–H groups in total. The number of esters is 1. The third-order valence-electron chi connectivity index (χ3n) is 3.80. The van der Waals surface area contributed by atoms with Gasteiger partial charge >= 0.3 is 12.0 Å². The molecule has 0 bridgehead atoms. The first-order valence-corrected chi connectivity index (χ1v) is 10.0. The molecule has 28 heavy (non-hydrogen) atoms. The first-order chi connectivity index (χ1) is 13.4. The van der Waals surface area contributed by atoms with Gasteiger partial charge in [0.05, 0.1) is 21.3 Å². The van der Waals surface area contributed by atoms with Gasteiger partial charge in [0.2, 0.25) is 0 Å². The molecule has 0 heterocycles. The number of hydrogen-bond donors (Lipinski definition) is 2. The fourth-order valence-electron chi connectivity index (χ4n) is 2.30. The highest BCUT2D eigenvalue weighted by Gasteiger charge is 2.23. The summed E-state index contributed by atoms with van der Waals surface area (Å²) in [6, 6.07) is 14.9. The van der Waals surface area contributed by atoms with Gasteiger partial charge in [-0.2, -0.15) is 0 Å². The van der Waals surface area contributed by atoms with Crippen LogP contribution in [0.15, 0.2) is 59.5 Å². The van der Waals surface area contributed by atoms with Gasteiger partial charge in [0, 0.05) is 12.3 Å². The van der Waals surface area contributed by atoms with Crippen LogP contribution in [-0.4, -0.2) is 34.0 Å². The molecule has 0 saturated heterocycles. The van der Waals surface area contributed by atoms with Crippen LogP contribution < -0.4 is 10.6 Å². The second kappa shape index (κ2) is 10.4. The van der Waals surface area contributed by atoms with Crippen molar-refractivity contribution in [1.29, 1.82) is 0 Å². The van der Waals surface area contributed by atoms with E-state index in [0.29, 0.717) is 10.6 Å². The van der Waals surface area contributed by atoms with Crippen LogP contribution in [0.4, 0.5) is 4.79 Å². The molecular weight excluding hydrogens is 380 g/mol. The van der Waals surface area contributed by atoms with Gasteiger partial charge in [-0.15, -0.1) is 0 Å². The molecule has 0 radical (unpaired) electrons. The van der Waals surface area contributed by atoms with Gasteiger partial charge < -0.3 is 10.1 Å². The Kier molecular flexibility index (Phi) is 7.88. The number of imide groups is 1. The van der Waals surface area contributed by atoms with Crippen molar-refractivity contribution in [2.45, 2.75) is 31.4 Å². The van der Waals surface area contributed by atoms with Gasteiger partial charge in [0.1, 0.15) is 0 Å². The van der Waals surface area contributed by atoms with Crippen LogP contribution in [0.1, 0.15) is 29.8 Å². The quantitative estimate of drug-likeness (QED) is 0.693. The summed E-state index contributed by atoms with van der Waals surface area (Å²) in [5, 5.41) is 4.68. The second-order valence-electron chi connectivity index (χ2n) is 5.84. The van der Waals surface area contributed by atoms with Gasteiger partial charge in [-0.05, 0) is 24.6 Å². The predicted octanol–water partition coefficient (Wildman–Crippen LogP) is 2.39. The minimum Gasteiger partial charge on any atom is -0.449 e. The first kappa shape index (κ1) is 21.3. The number of rotatable bonds is 7. The normalized spacial score (nSPS) is 12.5. The molecule has 2 atom stereocenters. The van der Waals surface area contributed by atoms with Gasteiger partial charge in [-0.3, -0.25) is 14.3 Å². The maximum Gasteiger partial charge on any atom is 0.340 e. The van der Waals surface area contributed by atoms with E-state index in [1.54, 1.807) is 25.1 Å². The summed E-state index contributed by atoms with van der Waals surface area (Å²) in [5.74, 6) is -1.18. The molecule has 0 aromatic heterocycles. The smallest absolute Gasteiger partial charge is 0.340 e. The predicted molar refractivity (Wildman–Crippen MR) is 105 cm³/mol. The standard InChI is InChI=1S/C20H22N2O5S/c1-3-28(26)17-12-8-7-11-16(17)19(24)27-14(2)18(23)22-20(25)21-13-15-9-5-4-6-10-15/h4-12,14H,3,13H2,1-2H3,(H2,21,22,23,25)/t14-,28-/m0/s1. The van der Waals surface area contributed by atoms with E-state index in [2.05, 4.69) is 10.6 Å². The maximum absolute atomic E-state index is 12.4. The van der Waals surface area contributed by atoms with Crippen molar-refractivity contribution < 1.29 is 23.3 Å². The van der Waals surface area contributed by atoms with Crippen molar-refractivity contribution in [3.8, 4) is 0 Å². The lowest BCUT2D eigenvalue weighted by Crippen LogP contribution is -2.44. The number of ether oxygens (including phenoxy) is 1. The van der Waals surface area contributed by atoms with Gasteiger partial charge in [0.15, 0.2) is 6.10 Å². The average Bonchev–Trinajstić information content (AvgIpc) is 2.72. The number of carbonyl (C=O) groups is 3. The molecule has 0 saturated carbocycles. The SMILES string of the molecule is CC[S@](=O)c1ccccc1C(=O)O[C@@H](C)C(=O)NC(=O)NCc1ccccc1. The molecule has 3 amide bonds. The molecule has 0 aliphatic rings. The van der Waals surface area contributed by atoms with Gasteiger partial charge in [-0.1, -0.05) is 49.4 Å². The second-order valence-corrected chi connectivity index (χ2v) is 7.54. The molecule has 7 nitrogen and oxygen atoms in total. The Bertz CT molecular complexity index is 870. The number of urea groups is 1. The lowest BCUT2D eigenvalue weighted by molar-refractivity contribution is -0.127. The Morgan fingerprint density at radius 3 is 2.36 bits per heavy atom. The zero-order chi connectivity index (χ0) is 20.5. The number of amides is 3. The highest BCUT2D eigenvalue weighted by Crippen LogP contribution is 2.16. The molecule has 0 aliphatic heterocycles. The molecule has 0 unspecified atom stereocenters. The van der Waals surface area contributed by atoms with E-state index >= 15 is 0 Å². The van der Waals surface area contributed by atoms with Gasteiger partial charge in [0.25, 0.3) is 5.91 Å². The molecular formula is C20H22N2O5S. The Morgan fingerprint density at radius 2 is 1.68 bits per heavy atom. The Labute approximate surface area is 165 Å². The van der Waals surface area contributed by atoms with E-state index in [4.69, 9.17) is 4.74 Å². The van der Waals surface area contributed by atoms with E-state index in [9.17, 15) is 18.6 Å². The molecule has 0 spiro atoms. The fraction of sp³-hybridized carbons (Fsp3) is 0.250. The number of carbonyl (C=O) groups excluding carboxylic acids is 3. The highest BCUT2D eigenvalue weighted by molar-refractivity contribution is 7.85. The summed E-state index contributed by atoms with van der Waals surface area (Å²) in [4.78, 5) is 36.7. The van der Waals surface area contributed by atoms with Crippen LogP contribution in [-0.2, 0) is 26.9 Å². The summed E-state index contributed by atoms with van der Waals surface area (Å²) in [5.41, 5.74) is 1.01. The zero-order valence-electron chi connectivity index (χ0n) is 15.6. The average molecular weight is 402 g/mol. The van der Waals surface area contributed by atoms with Crippen LogP contribution >= 0.6 is 0 Å². The maximum atomic E-state index is 12.4. The largest absolute Gasteiger partial charge is 0.449 e. The Hall–Kier alpha value is -3.00. The number of benzene rings is 2. The highest BCUT2D eigenvalue weighted by atomic mass is 32.2. The van der Waals surface area contributed by atoms with E-state index in [-0.39, 0.29) is 12.1 Å². The summed E-state index contributed by atoms with van der Waals surface area (Å²) in [6.07, 6.45) is -1.20.